The summed E-state index contributed by atoms with van der Waals surface area (Å²) in [5.41, 5.74) is 0.415. The lowest BCUT2D eigenvalue weighted by molar-refractivity contribution is -0.00823. The van der Waals surface area contributed by atoms with E-state index in [2.05, 4.69) is 44.8 Å². The highest BCUT2D eigenvalue weighted by atomic mass is 16.5. The van der Waals surface area contributed by atoms with Crippen molar-refractivity contribution in [1.29, 1.82) is 0 Å². The maximum Gasteiger partial charge on any atom is 0.0702 e. The van der Waals surface area contributed by atoms with Gasteiger partial charge in [-0.3, -0.25) is 0 Å². The zero-order valence-electron chi connectivity index (χ0n) is 14.4. The molecule has 0 saturated carbocycles. The summed E-state index contributed by atoms with van der Waals surface area (Å²) >= 11 is 0. The van der Waals surface area contributed by atoms with Crippen molar-refractivity contribution in [2.75, 3.05) is 32.8 Å². The second-order valence-corrected chi connectivity index (χ2v) is 6.70. The summed E-state index contributed by atoms with van der Waals surface area (Å²) in [6.45, 7) is 16.8. The Morgan fingerprint density at radius 3 is 2.50 bits per heavy atom. The first-order valence-electron chi connectivity index (χ1n) is 8.62. The van der Waals surface area contributed by atoms with Crippen LogP contribution in [0.5, 0.6) is 0 Å². The third kappa shape index (κ3) is 5.71. The highest BCUT2D eigenvalue weighted by molar-refractivity contribution is 4.86. The number of nitrogens with one attached hydrogen (secondary N) is 1. The fraction of sp³-hybridized carbons (Fsp3) is 1.00. The van der Waals surface area contributed by atoms with Gasteiger partial charge >= 0.3 is 0 Å². The smallest absolute Gasteiger partial charge is 0.0702 e. The SMILES string of the molecule is CCOC1CCCN(CC(CC)(CC)CNC(C)C)C1. The summed E-state index contributed by atoms with van der Waals surface area (Å²) in [6.07, 6.45) is 5.47. The highest BCUT2D eigenvalue weighted by Crippen LogP contribution is 2.28. The monoisotopic (exact) mass is 284 g/mol. The van der Waals surface area contributed by atoms with E-state index in [-0.39, 0.29) is 0 Å². The quantitative estimate of drug-likeness (QED) is 0.703. The normalized spacial score (nSPS) is 21.6. The summed E-state index contributed by atoms with van der Waals surface area (Å²) in [5, 5.41) is 3.66. The zero-order valence-corrected chi connectivity index (χ0v) is 14.4. The van der Waals surface area contributed by atoms with E-state index in [9.17, 15) is 0 Å². The first-order chi connectivity index (χ1) is 9.55. The maximum absolute atomic E-state index is 5.84. The molecular weight excluding hydrogens is 248 g/mol. The van der Waals surface area contributed by atoms with Crippen LogP contribution in [-0.2, 0) is 4.74 Å². The molecule has 3 nitrogen and oxygen atoms in total. The third-order valence-electron chi connectivity index (χ3n) is 4.81. The topological polar surface area (TPSA) is 24.5 Å². The van der Waals surface area contributed by atoms with E-state index < -0.39 is 0 Å². The first kappa shape index (κ1) is 17.9. The number of ether oxygens (including phenoxy) is 1. The average Bonchev–Trinajstić information content (AvgIpc) is 2.44. The Kier molecular flexibility index (Phi) is 8.08. The van der Waals surface area contributed by atoms with Crippen LogP contribution >= 0.6 is 0 Å². The van der Waals surface area contributed by atoms with Crippen LogP contribution in [0.1, 0.15) is 60.3 Å². The van der Waals surface area contributed by atoms with Crippen LogP contribution in [0.25, 0.3) is 0 Å². The van der Waals surface area contributed by atoms with Crippen LogP contribution < -0.4 is 5.32 Å². The molecule has 0 bridgehead atoms. The van der Waals surface area contributed by atoms with Crippen LogP contribution in [0.4, 0.5) is 0 Å². The largest absolute Gasteiger partial charge is 0.377 e. The second kappa shape index (κ2) is 9.01. The molecule has 3 heteroatoms. The molecule has 1 rings (SSSR count). The Balaban J connectivity index is 2.55. The molecular formula is C17H36N2O. The number of rotatable bonds is 9. The molecule has 1 heterocycles. The molecule has 1 atom stereocenters. The summed E-state index contributed by atoms with van der Waals surface area (Å²) in [6, 6.07) is 0.574. The van der Waals surface area contributed by atoms with Gasteiger partial charge in [0.2, 0.25) is 0 Å². The van der Waals surface area contributed by atoms with Gasteiger partial charge in [0.1, 0.15) is 0 Å². The minimum atomic E-state index is 0.415. The molecule has 0 aromatic heterocycles. The lowest BCUT2D eigenvalue weighted by atomic mass is 9.81. The van der Waals surface area contributed by atoms with Crippen LogP contribution in [0, 0.1) is 5.41 Å². The van der Waals surface area contributed by atoms with Crippen molar-refractivity contribution in [1.82, 2.24) is 10.2 Å². The van der Waals surface area contributed by atoms with Gasteiger partial charge in [-0.2, -0.15) is 0 Å². The second-order valence-electron chi connectivity index (χ2n) is 6.70. The molecule has 0 aromatic rings. The summed E-state index contributed by atoms with van der Waals surface area (Å²) in [4.78, 5) is 2.64. The predicted octanol–water partition coefficient (Wildman–Crippen LogP) is 3.29. The Labute approximate surface area is 126 Å². The predicted molar refractivity (Wildman–Crippen MR) is 87.2 cm³/mol. The van der Waals surface area contributed by atoms with Crippen LogP contribution in [-0.4, -0.2) is 49.8 Å². The van der Waals surface area contributed by atoms with Crippen LogP contribution in [0.15, 0.2) is 0 Å². The summed E-state index contributed by atoms with van der Waals surface area (Å²) < 4.78 is 5.84. The molecule has 0 spiro atoms. The number of hydrogen-bond acceptors (Lipinski definition) is 3. The average molecular weight is 284 g/mol. The zero-order chi connectivity index (χ0) is 15.0. The van der Waals surface area contributed by atoms with Gasteiger partial charge in [-0.15, -0.1) is 0 Å². The molecule has 1 aliphatic rings. The fourth-order valence-corrected chi connectivity index (χ4v) is 3.20. The van der Waals surface area contributed by atoms with Gasteiger partial charge in [0.15, 0.2) is 0 Å². The molecule has 1 N–H and O–H groups in total. The first-order valence-corrected chi connectivity index (χ1v) is 8.62. The molecule has 1 saturated heterocycles. The van der Waals surface area contributed by atoms with E-state index in [1.165, 1.54) is 38.8 Å². The van der Waals surface area contributed by atoms with E-state index >= 15 is 0 Å². The molecule has 1 fully saturated rings. The minimum Gasteiger partial charge on any atom is -0.377 e. The summed E-state index contributed by atoms with van der Waals surface area (Å²) in [5.74, 6) is 0. The Morgan fingerprint density at radius 1 is 1.25 bits per heavy atom. The third-order valence-corrected chi connectivity index (χ3v) is 4.81. The molecule has 20 heavy (non-hydrogen) atoms. The molecule has 0 aromatic carbocycles. The van der Waals surface area contributed by atoms with E-state index in [0.29, 0.717) is 17.6 Å². The van der Waals surface area contributed by atoms with Gasteiger partial charge < -0.3 is 15.0 Å². The Bertz CT molecular complexity index is 249. The van der Waals surface area contributed by atoms with Crippen molar-refractivity contribution in [2.45, 2.75) is 72.4 Å². The fourth-order valence-electron chi connectivity index (χ4n) is 3.20. The maximum atomic E-state index is 5.84. The molecule has 0 aliphatic carbocycles. The number of nitrogens with zero attached hydrogens (tertiary/aromatic N) is 1. The summed E-state index contributed by atoms with van der Waals surface area (Å²) in [7, 11) is 0. The molecule has 1 unspecified atom stereocenters. The number of hydrogen-bond donors (Lipinski definition) is 1. The van der Waals surface area contributed by atoms with Gasteiger partial charge in [-0.05, 0) is 44.6 Å². The van der Waals surface area contributed by atoms with Gasteiger partial charge in [0, 0.05) is 32.3 Å². The van der Waals surface area contributed by atoms with E-state index in [1.807, 2.05) is 0 Å². The van der Waals surface area contributed by atoms with Crippen molar-refractivity contribution < 1.29 is 4.74 Å². The lowest BCUT2D eigenvalue weighted by Crippen LogP contribution is -2.49. The van der Waals surface area contributed by atoms with E-state index in [0.717, 1.165) is 19.7 Å². The van der Waals surface area contributed by atoms with Crippen molar-refractivity contribution in [3.05, 3.63) is 0 Å². The van der Waals surface area contributed by atoms with Crippen molar-refractivity contribution in [2.24, 2.45) is 5.41 Å². The molecule has 0 radical (unpaired) electrons. The van der Waals surface area contributed by atoms with E-state index in [4.69, 9.17) is 4.74 Å². The minimum absolute atomic E-state index is 0.415. The highest BCUT2D eigenvalue weighted by Gasteiger charge is 2.31. The number of likely N-dealkylation sites (tertiary alicyclic amines) is 1. The van der Waals surface area contributed by atoms with Crippen LogP contribution in [0.3, 0.4) is 0 Å². The molecule has 0 amide bonds. The molecule has 120 valence electrons. The Morgan fingerprint density at radius 2 is 1.95 bits per heavy atom. The van der Waals surface area contributed by atoms with Gasteiger partial charge in [0.05, 0.1) is 6.10 Å². The van der Waals surface area contributed by atoms with Crippen molar-refractivity contribution in [3.63, 3.8) is 0 Å². The van der Waals surface area contributed by atoms with Gasteiger partial charge in [0.25, 0.3) is 0 Å². The standard InChI is InChI=1S/C17H36N2O/c1-6-17(7-2,13-18-15(4)5)14-19-11-9-10-16(12-19)20-8-3/h15-16,18H,6-14H2,1-5H3. The van der Waals surface area contributed by atoms with Gasteiger partial charge in [-0.1, -0.05) is 27.7 Å². The molecule has 1 aliphatic heterocycles. The van der Waals surface area contributed by atoms with Crippen molar-refractivity contribution >= 4 is 0 Å². The van der Waals surface area contributed by atoms with Gasteiger partial charge in [-0.25, -0.2) is 0 Å². The lowest BCUT2D eigenvalue weighted by Gasteiger charge is -2.41. The van der Waals surface area contributed by atoms with Crippen molar-refractivity contribution in [3.8, 4) is 0 Å². The van der Waals surface area contributed by atoms with Crippen LogP contribution in [0.2, 0.25) is 0 Å². The van der Waals surface area contributed by atoms with E-state index in [1.54, 1.807) is 0 Å². The Hall–Kier alpha value is -0.120. The number of piperidine rings is 1.